The molecule has 21 heavy (non-hydrogen) atoms. The third-order valence-electron chi connectivity index (χ3n) is 3.02. The first-order valence-electron chi connectivity index (χ1n) is 6.40. The Morgan fingerprint density at radius 2 is 2.00 bits per heavy atom. The summed E-state index contributed by atoms with van der Waals surface area (Å²) in [5.41, 5.74) is 2.77. The fraction of sp³-hybridized carbons (Fsp3) is 0.133. The van der Waals surface area contributed by atoms with Gasteiger partial charge in [-0.3, -0.25) is 4.79 Å². The predicted molar refractivity (Wildman–Crippen MR) is 81.5 cm³/mol. The van der Waals surface area contributed by atoms with Crippen LogP contribution in [0.25, 0.3) is 10.6 Å². The number of nitrogens with zero attached hydrogens (tertiary/aromatic N) is 2. The van der Waals surface area contributed by atoms with Crippen LogP contribution < -0.4 is 5.32 Å². The number of rotatable bonds is 3. The van der Waals surface area contributed by atoms with E-state index in [1.54, 1.807) is 5.38 Å². The molecule has 5 nitrogen and oxygen atoms in total. The Balaban J connectivity index is 1.84. The number of carbonyl (C=O) groups is 1. The molecule has 1 aromatic carbocycles. The topological polar surface area (TPSA) is 68.0 Å². The Hall–Kier alpha value is -2.47. The van der Waals surface area contributed by atoms with Crippen molar-refractivity contribution in [3.05, 3.63) is 52.9 Å². The molecule has 0 atom stereocenters. The van der Waals surface area contributed by atoms with Crippen LogP contribution in [-0.2, 0) is 0 Å². The summed E-state index contributed by atoms with van der Waals surface area (Å²) in [6.45, 7) is 3.69. The molecule has 2 heterocycles. The van der Waals surface area contributed by atoms with Gasteiger partial charge in [0.2, 0.25) is 0 Å². The first-order valence-corrected chi connectivity index (χ1v) is 7.28. The second-order valence-electron chi connectivity index (χ2n) is 4.56. The maximum absolute atomic E-state index is 12.2. The molecule has 0 saturated heterocycles. The second kappa shape index (κ2) is 5.49. The van der Waals surface area contributed by atoms with Crippen LogP contribution in [0.3, 0.4) is 0 Å². The third kappa shape index (κ3) is 2.71. The molecule has 3 rings (SSSR count). The molecule has 3 aromatic rings. The Morgan fingerprint density at radius 1 is 1.24 bits per heavy atom. The average Bonchev–Trinajstić information content (AvgIpc) is 3.07. The second-order valence-corrected chi connectivity index (χ2v) is 5.42. The van der Waals surface area contributed by atoms with Gasteiger partial charge >= 0.3 is 0 Å². The van der Waals surface area contributed by atoms with Gasteiger partial charge < -0.3 is 9.84 Å². The number of thiazole rings is 1. The van der Waals surface area contributed by atoms with Crippen LogP contribution in [0.5, 0.6) is 0 Å². The smallest absolute Gasteiger partial charge is 0.275 e. The van der Waals surface area contributed by atoms with Gasteiger partial charge in [-0.25, -0.2) is 4.98 Å². The zero-order valence-electron chi connectivity index (χ0n) is 11.6. The summed E-state index contributed by atoms with van der Waals surface area (Å²) in [5.74, 6) is 0.479. The summed E-state index contributed by atoms with van der Waals surface area (Å²) in [6.07, 6.45) is 0. The summed E-state index contributed by atoms with van der Waals surface area (Å²) in [6, 6.07) is 9.30. The van der Waals surface area contributed by atoms with E-state index in [1.165, 1.54) is 11.3 Å². The highest BCUT2D eigenvalue weighted by molar-refractivity contribution is 7.13. The highest BCUT2D eigenvalue weighted by Gasteiger charge is 2.17. The fourth-order valence-corrected chi connectivity index (χ4v) is 2.94. The molecule has 0 aliphatic heterocycles. The lowest BCUT2D eigenvalue weighted by atomic mass is 10.2. The number of carbonyl (C=O) groups excluding carboxylic acids is 1. The summed E-state index contributed by atoms with van der Waals surface area (Å²) >= 11 is 1.40. The Morgan fingerprint density at radius 3 is 2.67 bits per heavy atom. The van der Waals surface area contributed by atoms with E-state index in [1.807, 2.05) is 44.2 Å². The van der Waals surface area contributed by atoms with Gasteiger partial charge in [0.15, 0.2) is 0 Å². The highest BCUT2D eigenvalue weighted by atomic mass is 32.1. The standard InChI is InChI=1S/C15H13N3O2S/c1-9-13(10(2)20-18-9)15-17-12(8-21-15)14(19)16-11-6-4-3-5-7-11/h3-8H,1-2H3,(H,16,19). The van der Waals surface area contributed by atoms with Gasteiger partial charge in [0, 0.05) is 11.1 Å². The van der Waals surface area contributed by atoms with Crippen LogP contribution in [-0.4, -0.2) is 16.0 Å². The van der Waals surface area contributed by atoms with Gasteiger partial charge in [-0.05, 0) is 26.0 Å². The number of aromatic nitrogens is 2. The molecule has 0 aliphatic carbocycles. The molecule has 1 amide bonds. The van der Waals surface area contributed by atoms with E-state index in [0.29, 0.717) is 11.5 Å². The number of amides is 1. The molecule has 0 spiro atoms. The molecule has 0 aliphatic rings. The third-order valence-corrected chi connectivity index (χ3v) is 3.88. The highest BCUT2D eigenvalue weighted by Crippen LogP contribution is 2.29. The van der Waals surface area contributed by atoms with E-state index < -0.39 is 0 Å². The van der Waals surface area contributed by atoms with Crippen molar-refractivity contribution in [3.63, 3.8) is 0 Å². The van der Waals surface area contributed by atoms with Gasteiger partial charge in [-0.1, -0.05) is 23.4 Å². The molecule has 1 N–H and O–H groups in total. The lowest BCUT2D eigenvalue weighted by Gasteiger charge is -2.01. The number of nitrogens with one attached hydrogen (secondary N) is 1. The van der Waals surface area contributed by atoms with Crippen LogP contribution in [0.1, 0.15) is 21.9 Å². The SMILES string of the molecule is Cc1noc(C)c1-c1nc(C(=O)Nc2ccccc2)cs1. The Bertz CT molecular complexity index is 758. The molecule has 0 unspecified atom stereocenters. The van der Waals surface area contributed by atoms with Gasteiger partial charge in [0.25, 0.3) is 5.91 Å². The van der Waals surface area contributed by atoms with Gasteiger partial charge in [0.05, 0.1) is 11.3 Å². The van der Waals surface area contributed by atoms with Crippen molar-refractivity contribution in [2.45, 2.75) is 13.8 Å². The molecular formula is C15H13N3O2S. The minimum absolute atomic E-state index is 0.226. The van der Waals surface area contributed by atoms with Crippen LogP contribution >= 0.6 is 11.3 Å². The maximum atomic E-state index is 12.2. The zero-order valence-corrected chi connectivity index (χ0v) is 12.4. The average molecular weight is 299 g/mol. The van der Waals surface area contributed by atoms with E-state index >= 15 is 0 Å². The first kappa shape index (κ1) is 13.5. The number of hydrogen-bond acceptors (Lipinski definition) is 5. The van der Waals surface area contributed by atoms with Crippen molar-refractivity contribution in [2.24, 2.45) is 0 Å². The van der Waals surface area contributed by atoms with Crippen molar-refractivity contribution in [1.29, 1.82) is 0 Å². The quantitative estimate of drug-likeness (QED) is 0.801. The van der Waals surface area contributed by atoms with Crippen molar-refractivity contribution in [3.8, 4) is 10.6 Å². The largest absolute Gasteiger partial charge is 0.361 e. The molecule has 2 aromatic heterocycles. The summed E-state index contributed by atoms with van der Waals surface area (Å²) in [7, 11) is 0. The number of para-hydroxylation sites is 1. The van der Waals surface area contributed by atoms with Gasteiger partial charge in [-0.2, -0.15) is 0 Å². The molecular weight excluding hydrogens is 286 g/mol. The summed E-state index contributed by atoms with van der Waals surface area (Å²) < 4.78 is 5.13. The van der Waals surface area contributed by atoms with Gasteiger partial charge in [0.1, 0.15) is 16.5 Å². The van der Waals surface area contributed by atoms with E-state index in [0.717, 1.165) is 22.0 Å². The van der Waals surface area contributed by atoms with Crippen molar-refractivity contribution in [2.75, 3.05) is 5.32 Å². The molecule has 0 radical (unpaired) electrons. The fourth-order valence-electron chi connectivity index (χ4n) is 2.00. The molecule has 0 fully saturated rings. The molecule has 6 heteroatoms. The first-order chi connectivity index (χ1) is 10.1. The van der Waals surface area contributed by atoms with Crippen molar-refractivity contribution >= 4 is 22.9 Å². The van der Waals surface area contributed by atoms with Crippen LogP contribution in [0.15, 0.2) is 40.2 Å². The predicted octanol–water partition coefficient (Wildman–Crippen LogP) is 3.67. The summed E-state index contributed by atoms with van der Waals surface area (Å²) in [4.78, 5) is 16.5. The van der Waals surface area contributed by atoms with Crippen molar-refractivity contribution < 1.29 is 9.32 Å². The minimum Gasteiger partial charge on any atom is -0.361 e. The van der Waals surface area contributed by atoms with Crippen molar-refractivity contribution in [1.82, 2.24) is 10.1 Å². The van der Waals surface area contributed by atoms with E-state index in [-0.39, 0.29) is 5.91 Å². The van der Waals surface area contributed by atoms with E-state index in [4.69, 9.17) is 4.52 Å². The maximum Gasteiger partial charge on any atom is 0.275 e. The van der Waals surface area contributed by atoms with Crippen LogP contribution in [0.2, 0.25) is 0 Å². The number of anilines is 1. The normalized spacial score (nSPS) is 10.6. The molecule has 0 saturated carbocycles. The lowest BCUT2D eigenvalue weighted by Crippen LogP contribution is -2.12. The van der Waals surface area contributed by atoms with E-state index in [9.17, 15) is 4.79 Å². The zero-order chi connectivity index (χ0) is 14.8. The Kier molecular flexibility index (Phi) is 3.53. The molecule has 0 bridgehead atoms. The molecule has 106 valence electrons. The van der Waals surface area contributed by atoms with Crippen LogP contribution in [0, 0.1) is 13.8 Å². The monoisotopic (exact) mass is 299 g/mol. The van der Waals surface area contributed by atoms with E-state index in [2.05, 4.69) is 15.5 Å². The lowest BCUT2D eigenvalue weighted by molar-refractivity contribution is 0.102. The van der Waals surface area contributed by atoms with Crippen LogP contribution in [0.4, 0.5) is 5.69 Å². The number of benzene rings is 1. The number of aryl methyl sites for hydroxylation is 2. The minimum atomic E-state index is -0.226. The summed E-state index contributed by atoms with van der Waals surface area (Å²) in [5, 5.41) is 9.19. The van der Waals surface area contributed by atoms with Gasteiger partial charge in [-0.15, -0.1) is 11.3 Å². The Labute approximate surface area is 125 Å². The number of hydrogen-bond donors (Lipinski definition) is 1.